The first-order chi connectivity index (χ1) is 14.5. The van der Waals surface area contributed by atoms with Gasteiger partial charge in [-0.15, -0.1) is 0 Å². The van der Waals surface area contributed by atoms with Crippen LogP contribution in [0.3, 0.4) is 0 Å². The third-order valence-electron chi connectivity index (χ3n) is 5.42. The van der Waals surface area contributed by atoms with Crippen molar-refractivity contribution < 1.29 is 19.3 Å². The zero-order valence-electron chi connectivity index (χ0n) is 17.8. The molecule has 0 spiro atoms. The quantitative estimate of drug-likeness (QED) is 0.283. The van der Waals surface area contributed by atoms with Gasteiger partial charge in [-0.25, -0.2) is 0 Å². The molecule has 1 heterocycles. The Morgan fingerprint density at radius 3 is 1.74 bits per heavy atom. The molecule has 3 rings (SSSR count). The summed E-state index contributed by atoms with van der Waals surface area (Å²) in [5.74, 6) is 1.61. The van der Waals surface area contributed by atoms with Gasteiger partial charge in [0.25, 0.3) is 0 Å². The fourth-order valence-electron chi connectivity index (χ4n) is 2.99. The number of aliphatic hydroxyl groups is 1. The molecule has 2 aromatic rings. The van der Waals surface area contributed by atoms with E-state index < -0.39 is 6.10 Å². The summed E-state index contributed by atoms with van der Waals surface area (Å²) in [5.41, 5.74) is 1.95. The predicted molar refractivity (Wildman–Crippen MR) is 137 cm³/mol. The fourth-order valence-corrected chi connectivity index (χ4v) is 5.82. The first-order valence-corrected chi connectivity index (χ1v) is 13.2. The molecule has 1 aliphatic rings. The minimum Gasteiger partial charge on any atom is -0.489 e. The van der Waals surface area contributed by atoms with E-state index in [9.17, 15) is 5.11 Å². The van der Waals surface area contributed by atoms with Crippen molar-refractivity contribution in [1.29, 1.82) is 0 Å². The number of aliphatic hydroxyl groups excluding tert-OH is 1. The molecule has 0 saturated carbocycles. The van der Waals surface area contributed by atoms with E-state index in [1.807, 2.05) is 13.8 Å². The molecule has 4 nitrogen and oxygen atoms in total. The number of epoxide rings is 1. The molecule has 0 aromatic heterocycles. The number of ether oxygens (including phenoxy) is 3. The van der Waals surface area contributed by atoms with Gasteiger partial charge in [0.05, 0.1) is 30.6 Å². The summed E-state index contributed by atoms with van der Waals surface area (Å²) in [5, 5.41) is 10.1. The number of rotatable bonds is 9. The number of hydrogen-bond acceptors (Lipinski definition) is 4. The molecule has 2 aromatic carbocycles. The largest absolute Gasteiger partial charge is 0.489 e. The average molecular weight is 686 g/mol. The second-order valence-corrected chi connectivity index (χ2v) is 12.0. The average Bonchev–Trinajstić information content (AvgIpc) is 3.50. The van der Waals surface area contributed by atoms with E-state index in [1.54, 1.807) is 0 Å². The van der Waals surface area contributed by atoms with Crippen LogP contribution in [0.5, 0.6) is 11.5 Å². The molecule has 1 aliphatic heterocycles. The first kappa shape index (κ1) is 25.5. The topological polar surface area (TPSA) is 51.2 Å². The molecular weight excluding hydrogens is 660 g/mol. The normalized spacial score (nSPS) is 17.0. The molecule has 1 N–H and O–H groups in total. The molecule has 1 fully saturated rings. The molecule has 2 unspecified atom stereocenters. The zero-order chi connectivity index (χ0) is 22.9. The Morgan fingerprint density at radius 1 is 0.935 bits per heavy atom. The molecule has 0 aliphatic carbocycles. The maximum Gasteiger partial charge on any atom is 0.147 e. The summed E-state index contributed by atoms with van der Waals surface area (Å²) >= 11 is 14.6. The smallest absolute Gasteiger partial charge is 0.147 e. The van der Waals surface area contributed by atoms with Gasteiger partial charge in [-0.05, 0) is 105 Å². The van der Waals surface area contributed by atoms with Gasteiger partial charge >= 0.3 is 0 Å². The number of halogens is 4. The van der Waals surface area contributed by atoms with Gasteiger partial charge < -0.3 is 19.3 Å². The second kappa shape index (κ2) is 10.4. The van der Waals surface area contributed by atoms with E-state index in [4.69, 9.17) is 14.2 Å². The van der Waals surface area contributed by atoms with Crippen LogP contribution in [0.2, 0.25) is 0 Å². The lowest BCUT2D eigenvalue weighted by Gasteiger charge is -2.28. The molecule has 0 bridgehead atoms. The highest BCUT2D eigenvalue weighted by atomic mass is 79.9. The Kier molecular flexibility index (Phi) is 8.58. The van der Waals surface area contributed by atoms with Gasteiger partial charge in [0.1, 0.15) is 30.8 Å². The van der Waals surface area contributed by atoms with Crippen molar-refractivity contribution in [2.24, 2.45) is 5.92 Å². The molecule has 0 amide bonds. The molecule has 0 radical (unpaired) electrons. The highest BCUT2D eigenvalue weighted by molar-refractivity contribution is 9.11. The van der Waals surface area contributed by atoms with Crippen LogP contribution >= 0.6 is 63.7 Å². The summed E-state index contributed by atoms with van der Waals surface area (Å²) < 4.78 is 20.5. The lowest BCUT2D eigenvalue weighted by molar-refractivity contribution is 0.0695. The van der Waals surface area contributed by atoms with E-state index in [2.05, 4.69) is 102 Å². The monoisotopic (exact) mass is 682 g/mol. The van der Waals surface area contributed by atoms with Crippen LogP contribution in [0.15, 0.2) is 42.2 Å². The van der Waals surface area contributed by atoms with Crippen LogP contribution in [0.25, 0.3) is 0 Å². The third kappa shape index (κ3) is 6.27. The van der Waals surface area contributed by atoms with Crippen LogP contribution in [0.4, 0.5) is 0 Å². The van der Waals surface area contributed by atoms with Crippen LogP contribution in [-0.4, -0.2) is 37.1 Å². The first-order valence-electron chi connectivity index (χ1n) is 10.0. The standard InChI is InChI=1S/C23H26Br4O4/c1-12(2)20(28)11-31-22-18(26)7-14(8-19(22)27)23(3,4)13-5-16(24)21(17(25)6-13)30-10-15-9-29-15/h5-8,12,15,20,28H,9-11H2,1-4H3. The Hall–Kier alpha value is -0.120. The van der Waals surface area contributed by atoms with Gasteiger partial charge in [-0.2, -0.15) is 0 Å². The molecule has 170 valence electrons. The van der Waals surface area contributed by atoms with Gasteiger partial charge in [-0.1, -0.05) is 27.7 Å². The minimum atomic E-state index is -0.517. The van der Waals surface area contributed by atoms with Crippen molar-refractivity contribution in [3.05, 3.63) is 53.3 Å². The lowest BCUT2D eigenvalue weighted by atomic mass is 9.78. The summed E-state index contributed by atoms with van der Waals surface area (Å²) in [6, 6.07) is 8.33. The fraction of sp³-hybridized carbons (Fsp3) is 0.478. The van der Waals surface area contributed by atoms with E-state index in [1.165, 1.54) is 0 Å². The van der Waals surface area contributed by atoms with Gasteiger partial charge in [0, 0.05) is 5.41 Å². The molecule has 8 heteroatoms. The second-order valence-electron chi connectivity index (χ2n) is 8.55. The molecule has 2 atom stereocenters. The van der Waals surface area contributed by atoms with Crippen LogP contribution < -0.4 is 9.47 Å². The zero-order valence-corrected chi connectivity index (χ0v) is 24.2. The Bertz CT molecular complexity index is 895. The maximum absolute atomic E-state index is 10.1. The molecule has 1 saturated heterocycles. The predicted octanol–water partition coefficient (Wildman–Crippen LogP) is 7.24. The summed E-state index contributed by atoms with van der Waals surface area (Å²) in [6.07, 6.45) is -0.316. The maximum atomic E-state index is 10.1. The van der Waals surface area contributed by atoms with E-state index >= 15 is 0 Å². The van der Waals surface area contributed by atoms with Crippen molar-refractivity contribution in [1.82, 2.24) is 0 Å². The Morgan fingerprint density at radius 2 is 1.35 bits per heavy atom. The van der Waals surface area contributed by atoms with Crippen molar-refractivity contribution in [2.45, 2.75) is 45.3 Å². The minimum absolute atomic E-state index is 0.136. The number of benzene rings is 2. The van der Waals surface area contributed by atoms with E-state index in [0.717, 1.165) is 41.4 Å². The van der Waals surface area contributed by atoms with Crippen molar-refractivity contribution >= 4 is 63.7 Å². The van der Waals surface area contributed by atoms with Gasteiger partial charge in [-0.3, -0.25) is 0 Å². The van der Waals surface area contributed by atoms with Gasteiger partial charge in [0.2, 0.25) is 0 Å². The third-order valence-corrected chi connectivity index (χ3v) is 7.78. The highest BCUT2D eigenvalue weighted by Crippen LogP contribution is 2.44. The SMILES string of the molecule is CC(C)C(O)COc1c(Br)cc(C(C)(C)c2cc(Br)c(OCC3CO3)c(Br)c2)cc1Br. The molecule has 31 heavy (non-hydrogen) atoms. The summed E-state index contributed by atoms with van der Waals surface area (Å²) in [4.78, 5) is 0. The number of hydrogen-bond donors (Lipinski definition) is 1. The van der Waals surface area contributed by atoms with E-state index in [-0.39, 0.29) is 24.0 Å². The van der Waals surface area contributed by atoms with Crippen molar-refractivity contribution in [3.8, 4) is 11.5 Å². The van der Waals surface area contributed by atoms with Gasteiger partial charge in [0.15, 0.2) is 0 Å². The highest BCUT2D eigenvalue weighted by Gasteiger charge is 2.28. The summed E-state index contributed by atoms with van der Waals surface area (Å²) in [7, 11) is 0. The van der Waals surface area contributed by atoms with Crippen molar-refractivity contribution in [2.75, 3.05) is 19.8 Å². The van der Waals surface area contributed by atoms with Crippen molar-refractivity contribution in [3.63, 3.8) is 0 Å². The Balaban J connectivity index is 1.85. The Labute approximate surface area is 217 Å². The van der Waals surface area contributed by atoms with Crippen LogP contribution in [-0.2, 0) is 10.2 Å². The van der Waals surface area contributed by atoms with E-state index in [0.29, 0.717) is 12.4 Å². The lowest BCUT2D eigenvalue weighted by Crippen LogP contribution is -2.23. The summed E-state index contributed by atoms with van der Waals surface area (Å²) in [6.45, 7) is 9.85. The molecular formula is C23H26Br4O4. The van der Waals surface area contributed by atoms with Crippen LogP contribution in [0, 0.1) is 5.92 Å². The van der Waals surface area contributed by atoms with Crippen LogP contribution in [0.1, 0.15) is 38.8 Å².